The summed E-state index contributed by atoms with van der Waals surface area (Å²) in [6.07, 6.45) is 1.66. The van der Waals surface area contributed by atoms with Crippen LogP contribution in [0.15, 0.2) is 90.6 Å². The first-order valence-corrected chi connectivity index (χ1v) is 12.5. The van der Waals surface area contributed by atoms with E-state index in [2.05, 4.69) is 20.9 Å². The quantitative estimate of drug-likeness (QED) is 0.257. The highest BCUT2D eigenvalue weighted by Gasteiger charge is 2.33. The molecule has 0 N–H and O–H groups in total. The van der Waals surface area contributed by atoms with Crippen molar-refractivity contribution in [2.24, 2.45) is 4.99 Å². The molecule has 0 fully saturated rings. The first kappa shape index (κ1) is 23.8. The van der Waals surface area contributed by atoms with Gasteiger partial charge in [-0.15, -0.1) is 0 Å². The third kappa shape index (κ3) is 4.29. The maximum Gasteiger partial charge on any atom is 0.271 e. The molecular formula is C26H18BrN3O5S. The minimum Gasteiger partial charge on any atom is -0.458 e. The lowest BCUT2D eigenvalue weighted by atomic mass is 9.98. The Labute approximate surface area is 216 Å². The number of ketones is 1. The van der Waals surface area contributed by atoms with E-state index < -0.39 is 11.0 Å². The SMILES string of the molecule is CC(=O)C1=C(C)N=c2s/c(=C/c3ccc([N+](=O)[O-])cc3)c(=O)n2[C@@H]1c1ccc(-c2ccc(Br)cc2)o1. The fourth-order valence-electron chi connectivity index (χ4n) is 4.15. The van der Waals surface area contributed by atoms with E-state index in [0.29, 0.717) is 37.7 Å². The Bertz CT molecular complexity index is 1730. The molecule has 0 amide bonds. The first-order chi connectivity index (χ1) is 17.2. The summed E-state index contributed by atoms with van der Waals surface area (Å²) < 4.78 is 9.00. The number of carbonyl (C=O) groups excluding carboxylic acids is 1. The van der Waals surface area contributed by atoms with Crippen molar-refractivity contribution in [1.29, 1.82) is 0 Å². The molecule has 0 bridgehead atoms. The van der Waals surface area contributed by atoms with Crippen molar-refractivity contribution in [3.8, 4) is 11.3 Å². The normalized spacial score (nSPS) is 15.5. The molecule has 0 unspecified atom stereocenters. The second kappa shape index (κ2) is 9.29. The Kier molecular flexibility index (Phi) is 6.15. The number of benzene rings is 2. The molecule has 180 valence electrons. The standard InChI is InChI=1S/C26H18BrN3O5S/c1-14-23(15(2)31)24(21-12-11-20(35-21)17-5-7-18(27)8-6-17)29-25(32)22(36-26(29)28-14)13-16-3-9-19(10-4-16)30(33)34/h3-13,24H,1-2H3/b22-13+/t24-/m1/s1. The summed E-state index contributed by atoms with van der Waals surface area (Å²) in [5.74, 6) is 0.867. The molecule has 8 nitrogen and oxygen atoms in total. The molecule has 2 aromatic heterocycles. The number of thiazole rings is 1. The molecule has 0 aliphatic carbocycles. The van der Waals surface area contributed by atoms with Crippen molar-refractivity contribution in [3.63, 3.8) is 0 Å². The highest BCUT2D eigenvalue weighted by atomic mass is 79.9. The van der Waals surface area contributed by atoms with Crippen LogP contribution in [0.5, 0.6) is 0 Å². The monoisotopic (exact) mass is 563 g/mol. The number of hydrogen-bond acceptors (Lipinski definition) is 7. The predicted octanol–water partition coefficient (Wildman–Crippen LogP) is 4.75. The molecule has 0 saturated carbocycles. The van der Waals surface area contributed by atoms with Crippen molar-refractivity contribution in [2.75, 3.05) is 0 Å². The van der Waals surface area contributed by atoms with Crippen LogP contribution in [0.2, 0.25) is 0 Å². The summed E-state index contributed by atoms with van der Waals surface area (Å²) >= 11 is 4.61. The molecule has 10 heteroatoms. The zero-order valence-electron chi connectivity index (χ0n) is 19.1. The largest absolute Gasteiger partial charge is 0.458 e. The van der Waals surface area contributed by atoms with Gasteiger partial charge in [0, 0.05) is 33.4 Å². The molecule has 2 aromatic carbocycles. The first-order valence-electron chi connectivity index (χ1n) is 10.9. The molecular weight excluding hydrogens is 546 g/mol. The summed E-state index contributed by atoms with van der Waals surface area (Å²) in [7, 11) is 0. The van der Waals surface area contributed by atoms with Crippen molar-refractivity contribution in [1.82, 2.24) is 4.57 Å². The molecule has 0 saturated heterocycles. The number of non-ortho nitro benzene ring substituents is 1. The van der Waals surface area contributed by atoms with E-state index in [4.69, 9.17) is 4.42 Å². The van der Waals surface area contributed by atoms with Crippen LogP contribution in [0.1, 0.15) is 31.2 Å². The van der Waals surface area contributed by atoms with E-state index in [1.807, 2.05) is 30.3 Å². The number of furan rings is 1. The predicted molar refractivity (Wildman–Crippen MR) is 139 cm³/mol. The number of fused-ring (bicyclic) bond motifs is 1. The van der Waals surface area contributed by atoms with Crippen molar-refractivity contribution >= 4 is 44.8 Å². The van der Waals surface area contributed by atoms with Gasteiger partial charge in [-0.3, -0.25) is 24.3 Å². The molecule has 4 aromatic rings. The van der Waals surface area contributed by atoms with Gasteiger partial charge in [0.15, 0.2) is 10.6 Å². The van der Waals surface area contributed by atoms with Gasteiger partial charge >= 0.3 is 0 Å². The van der Waals surface area contributed by atoms with Gasteiger partial charge in [-0.1, -0.05) is 39.4 Å². The maximum absolute atomic E-state index is 13.6. The second-order valence-electron chi connectivity index (χ2n) is 8.20. The van der Waals surface area contributed by atoms with Crippen LogP contribution in [0.3, 0.4) is 0 Å². The molecule has 3 heterocycles. The minimum atomic E-state index is -0.762. The average Bonchev–Trinajstić information content (AvgIpc) is 3.44. The number of Topliss-reactive ketones (excluding diaryl/α,β-unsaturated/α-hetero) is 1. The fourth-order valence-corrected chi connectivity index (χ4v) is 5.46. The number of allylic oxidation sites excluding steroid dienone is 2. The van der Waals surface area contributed by atoms with E-state index in [1.54, 1.807) is 31.2 Å². The number of nitrogens with zero attached hydrogens (tertiary/aromatic N) is 3. The number of hydrogen-bond donors (Lipinski definition) is 0. The third-order valence-corrected chi connectivity index (χ3v) is 7.34. The number of nitro groups is 1. The van der Waals surface area contributed by atoms with Gasteiger partial charge in [0.05, 0.1) is 9.46 Å². The average molecular weight is 564 g/mol. The van der Waals surface area contributed by atoms with Gasteiger partial charge in [0.1, 0.15) is 17.6 Å². The smallest absolute Gasteiger partial charge is 0.271 e. The molecule has 1 atom stereocenters. The molecule has 1 aliphatic heterocycles. The van der Waals surface area contributed by atoms with Crippen LogP contribution in [0.4, 0.5) is 5.69 Å². The van der Waals surface area contributed by atoms with E-state index >= 15 is 0 Å². The Morgan fingerprint density at radius 3 is 2.47 bits per heavy atom. The van der Waals surface area contributed by atoms with Crippen LogP contribution < -0.4 is 14.9 Å². The van der Waals surface area contributed by atoms with Gasteiger partial charge in [-0.05, 0) is 61.9 Å². The number of carbonyl (C=O) groups is 1. The van der Waals surface area contributed by atoms with Gasteiger partial charge < -0.3 is 4.42 Å². The van der Waals surface area contributed by atoms with Crippen LogP contribution in [-0.2, 0) is 4.79 Å². The van der Waals surface area contributed by atoms with Crippen LogP contribution in [0.25, 0.3) is 17.4 Å². The van der Waals surface area contributed by atoms with Crippen molar-refractivity contribution in [2.45, 2.75) is 19.9 Å². The zero-order chi connectivity index (χ0) is 25.6. The Morgan fingerprint density at radius 1 is 1.14 bits per heavy atom. The van der Waals surface area contributed by atoms with Crippen LogP contribution >= 0.6 is 27.3 Å². The number of nitro benzene ring substituents is 1. The van der Waals surface area contributed by atoms with Crippen LogP contribution in [0, 0.1) is 10.1 Å². The fraction of sp³-hybridized carbons (Fsp3) is 0.115. The lowest BCUT2D eigenvalue weighted by Crippen LogP contribution is -2.39. The molecule has 1 aliphatic rings. The van der Waals surface area contributed by atoms with Gasteiger partial charge in [-0.2, -0.15) is 0 Å². The Balaban J connectivity index is 1.65. The highest BCUT2D eigenvalue weighted by molar-refractivity contribution is 9.10. The lowest BCUT2D eigenvalue weighted by molar-refractivity contribution is -0.384. The third-order valence-electron chi connectivity index (χ3n) is 5.83. The molecule has 5 rings (SSSR count). The topological polar surface area (TPSA) is 108 Å². The van der Waals surface area contributed by atoms with E-state index in [1.165, 1.54) is 35.0 Å². The second-order valence-corrected chi connectivity index (χ2v) is 10.1. The zero-order valence-corrected chi connectivity index (χ0v) is 21.5. The number of rotatable bonds is 5. The summed E-state index contributed by atoms with van der Waals surface area (Å²) in [6, 6.07) is 16.4. The highest BCUT2D eigenvalue weighted by Crippen LogP contribution is 2.34. The van der Waals surface area contributed by atoms with Crippen molar-refractivity contribution in [3.05, 3.63) is 118 Å². The summed E-state index contributed by atoms with van der Waals surface area (Å²) in [4.78, 5) is 41.7. The Hall–Kier alpha value is -3.89. The van der Waals surface area contributed by atoms with Crippen molar-refractivity contribution < 1.29 is 14.1 Å². The summed E-state index contributed by atoms with van der Waals surface area (Å²) in [5.41, 5.74) is 2.06. The Morgan fingerprint density at radius 2 is 1.83 bits per heavy atom. The maximum atomic E-state index is 13.6. The molecule has 0 radical (unpaired) electrons. The lowest BCUT2D eigenvalue weighted by Gasteiger charge is -2.22. The number of halogens is 1. The summed E-state index contributed by atoms with van der Waals surface area (Å²) in [5, 5.41) is 10.9. The van der Waals surface area contributed by atoms with E-state index in [-0.39, 0.29) is 17.0 Å². The van der Waals surface area contributed by atoms with Gasteiger partial charge in [0.2, 0.25) is 0 Å². The van der Waals surface area contributed by atoms with Gasteiger partial charge in [-0.25, -0.2) is 4.99 Å². The molecule has 36 heavy (non-hydrogen) atoms. The minimum absolute atomic E-state index is 0.0327. The van der Waals surface area contributed by atoms with E-state index in [9.17, 15) is 19.7 Å². The van der Waals surface area contributed by atoms with Gasteiger partial charge in [0.25, 0.3) is 11.2 Å². The number of aromatic nitrogens is 1. The van der Waals surface area contributed by atoms with Crippen LogP contribution in [-0.4, -0.2) is 15.3 Å². The van der Waals surface area contributed by atoms with E-state index in [0.717, 1.165) is 10.0 Å². The summed E-state index contributed by atoms with van der Waals surface area (Å²) in [6.45, 7) is 3.20. The molecule has 0 spiro atoms.